The van der Waals surface area contributed by atoms with Crippen molar-refractivity contribution in [2.24, 2.45) is 0 Å². The molecule has 0 atom stereocenters. The highest BCUT2D eigenvalue weighted by molar-refractivity contribution is 7.19. The molecule has 1 aliphatic rings. The molecule has 3 aromatic heterocycles. The first-order valence-electron chi connectivity index (χ1n) is 13.7. The number of nitrogens with zero attached hydrogens (tertiary/aromatic N) is 6. The van der Waals surface area contributed by atoms with Crippen LogP contribution in [0.25, 0.3) is 16.1 Å². The summed E-state index contributed by atoms with van der Waals surface area (Å²) < 4.78 is 47.0. The van der Waals surface area contributed by atoms with E-state index in [0.29, 0.717) is 29.5 Å². The van der Waals surface area contributed by atoms with Gasteiger partial charge in [0.15, 0.2) is 10.8 Å². The summed E-state index contributed by atoms with van der Waals surface area (Å²) in [5, 5.41) is 9.26. The molecule has 2 aromatic carbocycles. The Kier molecular flexibility index (Phi) is 7.93. The molecule has 1 fully saturated rings. The van der Waals surface area contributed by atoms with E-state index in [1.807, 2.05) is 26.0 Å². The lowest BCUT2D eigenvalue weighted by Crippen LogP contribution is -2.23. The summed E-state index contributed by atoms with van der Waals surface area (Å²) in [5.74, 6) is 0.380. The molecule has 1 saturated heterocycles. The highest BCUT2D eigenvalue weighted by atomic mass is 32.1. The van der Waals surface area contributed by atoms with Crippen LogP contribution in [0.5, 0.6) is 11.8 Å². The number of halogens is 3. The summed E-state index contributed by atoms with van der Waals surface area (Å²) in [7, 11) is 0. The predicted molar refractivity (Wildman–Crippen MR) is 162 cm³/mol. The van der Waals surface area contributed by atoms with Crippen molar-refractivity contribution in [2.75, 3.05) is 22.1 Å². The van der Waals surface area contributed by atoms with Crippen LogP contribution in [-0.4, -0.2) is 43.2 Å². The lowest BCUT2D eigenvalue weighted by atomic mass is 10.1. The number of aryl methyl sites for hydroxylation is 2. The Bertz CT molecular complexity index is 1870. The minimum Gasteiger partial charge on any atom is -0.424 e. The number of aromatic nitrogens is 5. The zero-order chi connectivity index (χ0) is 31.7. The van der Waals surface area contributed by atoms with E-state index in [2.05, 4.69) is 30.7 Å². The normalized spacial score (nSPS) is 13.3. The molecule has 4 heterocycles. The van der Waals surface area contributed by atoms with E-state index in [0.717, 1.165) is 38.7 Å². The summed E-state index contributed by atoms with van der Waals surface area (Å²) in [6, 6.07) is 12.2. The molecular formula is C30H25F3N8O3S. The van der Waals surface area contributed by atoms with Gasteiger partial charge in [-0.2, -0.15) is 18.3 Å². The topological polar surface area (TPSA) is 127 Å². The number of alkyl halides is 3. The Labute approximate surface area is 258 Å². The number of rotatable bonds is 7. The molecule has 0 bridgehead atoms. The van der Waals surface area contributed by atoms with Crippen LogP contribution in [0.4, 0.5) is 34.6 Å². The molecule has 6 rings (SSSR count). The Balaban J connectivity index is 1.09. The SMILES string of the molecule is Cc1ccc(-n2nc(C(F)(F)F)cc2NC(=O)Nc2cnc(Oc3ccc(-c4cnc(N5CCCC5=O)s4)cc3)nc2)cc1C. The van der Waals surface area contributed by atoms with E-state index in [4.69, 9.17) is 4.74 Å². The number of hydrogen-bond acceptors (Lipinski definition) is 8. The van der Waals surface area contributed by atoms with Gasteiger partial charge in [-0.05, 0) is 73.4 Å². The van der Waals surface area contributed by atoms with Crippen molar-refractivity contribution in [3.05, 3.63) is 83.9 Å². The van der Waals surface area contributed by atoms with Crippen LogP contribution in [0.1, 0.15) is 29.7 Å². The first kappa shape index (κ1) is 29.7. The fraction of sp³-hybridized carbons (Fsp3) is 0.200. The van der Waals surface area contributed by atoms with E-state index >= 15 is 0 Å². The monoisotopic (exact) mass is 634 g/mol. The first-order chi connectivity index (χ1) is 21.5. The van der Waals surface area contributed by atoms with E-state index in [1.165, 1.54) is 23.7 Å². The second-order valence-electron chi connectivity index (χ2n) is 10.2. The molecule has 2 N–H and O–H groups in total. The molecule has 0 aliphatic carbocycles. The summed E-state index contributed by atoms with van der Waals surface area (Å²) >= 11 is 1.44. The number of ether oxygens (including phenoxy) is 1. The number of anilines is 3. The third-order valence-corrected chi connectivity index (χ3v) is 8.08. The fourth-order valence-corrected chi connectivity index (χ4v) is 5.51. The van der Waals surface area contributed by atoms with Crippen molar-refractivity contribution >= 4 is 39.9 Å². The van der Waals surface area contributed by atoms with Gasteiger partial charge in [-0.25, -0.2) is 24.4 Å². The van der Waals surface area contributed by atoms with Crippen LogP contribution in [0.3, 0.4) is 0 Å². The highest BCUT2D eigenvalue weighted by Gasteiger charge is 2.35. The van der Waals surface area contributed by atoms with Gasteiger partial charge in [-0.1, -0.05) is 17.4 Å². The highest BCUT2D eigenvalue weighted by Crippen LogP contribution is 2.34. The maximum atomic E-state index is 13.4. The largest absolute Gasteiger partial charge is 0.435 e. The molecule has 230 valence electrons. The molecule has 45 heavy (non-hydrogen) atoms. The molecule has 11 nitrogen and oxygen atoms in total. The zero-order valence-electron chi connectivity index (χ0n) is 23.9. The summed E-state index contributed by atoms with van der Waals surface area (Å²) in [5.41, 5.74) is 2.11. The number of thiazole rings is 1. The van der Waals surface area contributed by atoms with Gasteiger partial charge in [0.25, 0.3) is 0 Å². The second kappa shape index (κ2) is 12.0. The lowest BCUT2D eigenvalue weighted by molar-refractivity contribution is -0.141. The Morgan fingerprint density at radius 3 is 2.38 bits per heavy atom. The smallest absolute Gasteiger partial charge is 0.424 e. The van der Waals surface area contributed by atoms with Gasteiger partial charge >= 0.3 is 18.2 Å². The van der Waals surface area contributed by atoms with Gasteiger partial charge in [-0.15, -0.1) is 0 Å². The average Bonchev–Trinajstić information content (AvgIpc) is 3.76. The maximum absolute atomic E-state index is 13.4. The van der Waals surface area contributed by atoms with Gasteiger partial charge in [0.05, 0.1) is 28.6 Å². The molecule has 0 spiro atoms. The summed E-state index contributed by atoms with van der Waals surface area (Å²) in [6.07, 6.45) is 1.01. The van der Waals surface area contributed by atoms with Gasteiger partial charge in [0.1, 0.15) is 11.6 Å². The Morgan fingerprint density at radius 2 is 1.71 bits per heavy atom. The molecule has 0 unspecified atom stereocenters. The van der Waals surface area contributed by atoms with Gasteiger partial charge in [0.2, 0.25) is 5.91 Å². The molecule has 5 aromatic rings. The van der Waals surface area contributed by atoms with Gasteiger partial charge in [0, 0.05) is 25.2 Å². The van der Waals surface area contributed by atoms with Crippen molar-refractivity contribution in [2.45, 2.75) is 32.9 Å². The summed E-state index contributed by atoms with van der Waals surface area (Å²) in [4.78, 5) is 39.9. The number of hydrogen-bond donors (Lipinski definition) is 2. The zero-order valence-corrected chi connectivity index (χ0v) is 24.7. The minimum atomic E-state index is -4.71. The van der Waals surface area contributed by atoms with Crippen molar-refractivity contribution in [3.63, 3.8) is 0 Å². The van der Waals surface area contributed by atoms with Crippen molar-refractivity contribution < 1.29 is 27.5 Å². The average molecular weight is 635 g/mol. The van der Waals surface area contributed by atoms with Crippen LogP contribution in [0.2, 0.25) is 0 Å². The number of nitrogens with one attached hydrogen (secondary N) is 2. The van der Waals surface area contributed by atoms with Crippen molar-refractivity contribution in [1.29, 1.82) is 0 Å². The molecule has 0 saturated carbocycles. The lowest BCUT2D eigenvalue weighted by Gasteiger charge is -2.11. The van der Waals surface area contributed by atoms with Gasteiger partial charge < -0.3 is 10.1 Å². The van der Waals surface area contributed by atoms with Crippen LogP contribution in [0, 0.1) is 13.8 Å². The molecule has 0 radical (unpaired) electrons. The number of carbonyl (C=O) groups is 2. The van der Waals surface area contributed by atoms with Crippen molar-refractivity contribution in [3.8, 4) is 27.9 Å². The Hall–Kier alpha value is -5.31. The number of benzene rings is 2. The fourth-order valence-electron chi connectivity index (χ4n) is 4.54. The van der Waals surface area contributed by atoms with Crippen LogP contribution < -0.4 is 20.3 Å². The van der Waals surface area contributed by atoms with Crippen LogP contribution >= 0.6 is 11.3 Å². The Morgan fingerprint density at radius 1 is 0.956 bits per heavy atom. The molecule has 3 amide bonds. The standard InChI is InChI=1S/C30H25F3N8O3S/c1-17-5-8-21(12-18(17)2)41-25(13-24(39-41)30(31,32)33)38-27(43)37-20-14-34-28(35-15-20)44-22-9-6-19(7-10-22)23-16-36-29(45-23)40-11-3-4-26(40)42/h5-10,12-16H,3-4,11H2,1-2H3,(H2,37,38,43). The molecule has 1 aliphatic heterocycles. The number of amides is 3. The quantitative estimate of drug-likeness (QED) is 0.198. The van der Waals surface area contributed by atoms with Crippen LogP contribution in [0.15, 0.2) is 67.1 Å². The summed E-state index contributed by atoms with van der Waals surface area (Å²) in [6.45, 7) is 4.39. The van der Waals surface area contributed by atoms with Gasteiger partial charge in [-0.3, -0.25) is 15.0 Å². The minimum absolute atomic E-state index is 0.0176. The number of urea groups is 1. The van der Waals surface area contributed by atoms with E-state index in [1.54, 1.807) is 41.4 Å². The predicted octanol–water partition coefficient (Wildman–Crippen LogP) is 6.98. The maximum Gasteiger partial charge on any atom is 0.435 e. The first-order valence-corrected chi connectivity index (χ1v) is 14.5. The molecular weight excluding hydrogens is 609 g/mol. The third kappa shape index (κ3) is 6.62. The van der Waals surface area contributed by atoms with E-state index in [9.17, 15) is 22.8 Å². The van der Waals surface area contributed by atoms with Crippen LogP contribution in [-0.2, 0) is 11.0 Å². The van der Waals surface area contributed by atoms with Crippen molar-refractivity contribution in [1.82, 2.24) is 24.7 Å². The second-order valence-corrected chi connectivity index (χ2v) is 11.2. The van der Waals surface area contributed by atoms with E-state index in [-0.39, 0.29) is 23.4 Å². The number of carbonyl (C=O) groups excluding carboxylic acids is 2. The van der Waals surface area contributed by atoms with E-state index < -0.39 is 17.9 Å². The third-order valence-electron chi connectivity index (χ3n) is 7.01. The molecule has 15 heteroatoms.